The highest BCUT2D eigenvalue weighted by molar-refractivity contribution is 7.99. The minimum atomic E-state index is -1.38. The maximum Gasteiger partial charge on any atom is 0.336 e. The summed E-state index contributed by atoms with van der Waals surface area (Å²) in [4.78, 5) is 36.1. The van der Waals surface area contributed by atoms with Crippen LogP contribution in [0.3, 0.4) is 0 Å². The third-order valence-corrected chi connectivity index (χ3v) is 9.16. The number of aromatic amines is 1. The number of thioether (sulfide) groups is 1. The Bertz CT molecular complexity index is 899. The lowest BCUT2D eigenvalue weighted by Gasteiger charge is -2.22. The minimum absolute atomic E-state index is 0.378. The predicted molar refractivity (Wildman–Crippen MR) is 115 cm³/mol. The standard InChI is InChI=1S/C19H26FN3O3SSi/c1-28(2,15-8-4-3-5-9-15)13-7-12-27-11-6-10-21-18(25)23-14-16(20)17(24)22-19(23)26/h3-5,8-9,14H,6-7,10-13H2,1-2H3,(H,21,25)(H,22,24,26). The molecular formula is C19H26FN3O3SSi. The summed E-state index contributed by atoms with van der Waals surface area (Å²) in [5.41, 5.74) is -2.09. The van der Waals surface area contributed by atoms with E-state index in [0.29, 0.717) is 17.3 Å². The first-order valence-electron chi connectivity index (χ1n) is 9.24. The molecule has 0 fully saturated rings. The number of amides is 1. The Hall–Kier alpha value is -2.13. The topological polar surface area (TPSA) is 84.0 Å². The molecule has 2 aromatic rings. The normalized spacial score (nSPS) is 11.4. The van der Waals surface area contributed by atoms with Crippen LogP contribution in [0, 0.1) is 5.82 Å². The van der Waals surface area contributed by atoms with E-state index in [1.54, 1.807) is 4.98 Å². The molecule has 1 heterocycles. The number of hydrogen-bond acceptors (Lipinski definition) is 4. The number of aromatic nitrogens is 2. The van der Waals surface area contributed by atoms with Crippen molar-refractivity contribution in [2.24, 2.45) is 0 Å². The van der Waals surface area contributed by atoms with Gasteiger partial charge in [0.2, 0.25) is 5.82 Å². The summed E-state index contributed by atoms with van der Waals surface area (Å²) in [7, 11) is -1.38. The number of nitrogens with one attached hydrogen (secondary N) is 2. The number of rotatable bonds is 9. The van der Waals surface area contributed by atoms with E-state index in [1.807, 2.05) is 17.8 Å². The lowest BCUT2D eigenvalue weighted by molar-refractivity contribution is 0.240. The Kier molecular flexibility index (Phi) is 8.25. The number of benzene rings is 1. The zero-order valence-corrected chi connectivity index (χ0v) is 18.0. The molecule has 1 aromatic heterocycles. The fourth-order valence-electron chi connectivity index (χ4n) is 2.81. The molecule has 152 valence electrons. The molecule has 28 heavy (non-hydrogen) atoms. The smallest absolute Gasteiger partial charge is 0.336 e. The molecule has 0 spiro atoms. The van der Waals surface area contributed by atoms with Gasteiger partial charge in [-0.05, 0) is 24.3 Å². The molecule has 0 saturated heterocycles. The van der Waals surface area contributed by atoms with Gasteiger partial charge in [-0.15, -0.1) is 0 Å². The molecule has 0 unspecified atom stereocenters. The fourth-order valence-corrected chi connectivity index (χ4v) is 6.41. The number of H-pyrrole nitrogens is 1. The van der Waals surface area contributed by atoms with Crippen molar-refractivity contribution in [3.63, 3.8) is 0 Å². The molecule has 0 aliphatic heterocycles. The van der Waals surface area contributed by atoms with Gasteiger partial charge in [0.05, 0.1) is 14.3 Å². The van der Waals surface area contributed by atoms with Crippen molar-refractivity contribution in [1.82, 2.24) is 14.9 Å². The van der Waals surface area contributed by atoms with Crippen LogP contribution in [-0.4, -0.2) is 41.7 Å². The number of carbonyl (C=O) groups is 1. The summed E-state index contributed by atoms with van der Waals surface area (Å²) < 4.78 is 13.7. The minimum Gasteiger partial charge on any atom is -0.337 e. The SMILES string of the molecule is C[Si](C)(CCCSCCCNC(=O)n1cc(F)c(=O)[nH]c1=O)c1ccccc1. The van der Waals surface area contributed by atoms with Gasteiger partial charge in [-0.3, -0.25) is 9.78 Å². The van der Waals surface area contributed by atoms with Crippen LogP contribution in [0.5, 0.6) is 0 Å². The summed E-state index contributed by atoms with van der Waals surface area (Å²) >= 11 is 1.84. The van der Waals surface area contributed by atoms with E-state index >= 15 is 0 Å². The Morgan fingerprint density at radius 3 is 2.57 bits per heavy atom. The monoisotopic (exact) mass is 423 g/mol. The van der Waals surface area contributed by atoms with E-state index in [4.69, 9.17) is 0 Å². The molecule has 9 heteroatoms. The van der Waals surface area contributed by atoms with Crippen LogP contribution < -0.4 is 21.8 Å². The summed E-state index contributed by atoms with van der Waals surface area (Å²) in [6, 6.07) is 11.2. The third-order valence-electron chi connectivity index (χ3n) is 4.50. The van der Waals surface area contributed by atoms with E-state index < -0.39 is 31.2 Å². The Labute approximate surface area is 168 Å². The second-order valence-electron chi connectivity index (χ2n) is 7.16. The third kappa shape index (κ3) is 6.49. The van der Waals surface area contributed by atoms with Gasteiger partial charge < -0.3 is 5.32 Å². The maximum absolute atomic E-state index is 13.2. The lowest BCUT2D eigenvalue weighted by Crippen LogP contribution is -2.41. The van der Waals surface area contributed by atoms with Crippen molar-refractivity contribution >= 4 is 31.1 Å². The van der Waals surface area contributed by atoms with E-state index in [9.17, 15) is 18.8 Å². The van der Waals surface area contributed by atoms with Crippen LogP contribution >= 0.6 is 11.8 Å². The Morgan fingerprint density at radius 2 is 1.86 bits per heavy atom. The maximum atomic E-state index is 13.2. The van der Waals surface area contributed by atoms with Crippen LogP contribution in [-0.2, 0) is 0 Å². The zero-order valence-electron chi connectivity index (χ0n) is 16.2. The molecule has 1 aromatic carbocycles. The van der Waals surface area contributed by atoms with E-state index in [1.165, 1.54) is 11.2 Å². The molecule has 2 N–H and O–H groups in total. The van der Waals surface area contributed by atoms with Gasteiger partial charge in [0.15, 0.2) is 0 Å². The molecule has 0 bridgehead atoms. The molecule has 0 atom stereocenters. The van der Waals surface area contributed by atoms with Crippen molar-refractivity contribution in [2.75, 3.05) is 18.1 Å². The molecule has 6 nitrogen and oxygen atoms in total. The van der Waals surface area contributed by atoms with Gasteiger partial charge in [0.1, 0.15) is 0 Å². The van der Waals surface area contributed by atoms with Crippen molar-refractivity contribution in [1.29, 1.82) is 0 Å². The lowest BCUT2D eigenvalue weighted by atomic mass is 10.4. The number of carbonyl (C=O) groups excluding carboxylic acids is 1. The first kappa shape index (κ1) is 22.2. The second-order valence-corrected chi connectivity index (χ2v) is 13.2. The first-order chi connectivity index (χ1) is 13.3. The predicted octanol–water partition coefficient (Wildman–Crippen LogP) is 2.36. The molecule has 1 amide bonds. The van der Waals surface area contributed by atoms with E-state index in [0.717, 1.165) is 24.3 Å². The fraction of sp³-hybridized carbons (Fsp3) is 0.421. The molecule has 0 aliphatic carbocycles. The zero-order chi connectivity index (χ0) is 20.6. The molecular weight excluding hydrogens is 397 g/mol. The van der Waals surface area contributed by atoms with Crippen molar-refractivity contribution in [2.45, 2.75) is 32.0 Å². The van der Waals surface area contributed by atoms with Gasteiger partial charge in [-0.2, -0.15) is 16.2 Å². The van der Waals surface area contributed by atoms with Crippen LogP contribution in [0.25, 0.3) is 0 Å². The van der Waals surface area contributed by atoms with Gasteiger partial charge in [-0.25, -0.2) is 14.2 Å². The van der Waals surface area contributed by atoms with Gasteiger partial charge in [-0.1, -0.05) is 54.7 Å². The first-order valence-corrected chi connectivity index (χ1v) is 13.6. The average Bonchev–Trinajstić information content (AvgIpc) is 2.67. The Morgan fingerprint density at radius 1 is 1.18 bits per heavy atom. The quantitative estimate of drug-likeness (QED) is 0.479. The van der Waals surface area contributed by atoms with Crippen molar-refractivity contribution < 1.29 is 9.18 Å². The van der Waals surface area contributed by atoms with Gasteiger partial charge in [0.25, 0.3) is 5.56 Å². The molecule has 0 radical (unpaired) electrons. The van der Waals surface area contributed by atoms with Crippen LogP contribution in [0.4, 0.5) is 9.18 Å². The Balaban J connectivity index is 1.62. The molecule has 0 aliphatic rings. The average molecular weight is 424 g/mol. The summed E-state index contributed by atoms with van der Waals surface area (Å²) in [6.45, 7) is 5.16. The largest absolute Gasteiger partial charge is 0.337 e. The highest BCUT2D eigenvalue weighted by Gasteiger charge is 2.22. The van der Waals surface area contributed by atoms with Crippen molar-refractivity contribution in [3.05, 3.63) is 63.2 Å². The molecule has 2 rings (SSSR count). The van der Waals surface area contributed by atoms with Gasteiger partial charge >= 0.3 is 11.7 Å². The van der Waals surface area contributed by atoms with Crippen LogP contribution in [0.15, 0.2) is 46.1 Å². The number of nitrogens with zero attached hydrogens (tertiary/aromatic N) is 1. The summed E-state index contributed by atoms with van der Waals surface area (Å²) in [5, 5.41) is 4.03. The van der Waals surface area contributed by atoms with E-state index in [-0.39, 0.29) is 0 Å². The highest BCUT2D eigenvalue weighted by Crippen LogP contribution is 2.15. The van der Waals surface area contributed by atoms with Crippen LogP contribution in [0.2, 0.25) is 19.1 Å². The van der Waals surface area contributed by atoms with Gasteiger partial charge in [0, 0.05) is 6.54 Å². The van der Waals surface area contributed by atoms with Crippen LogP contribution in [0.1, 0.15) is 12.8 Å². The summed E-state index contributed by atoms with van der Waals surface area (Å²) in [6.07, 6.45) is 2.51. The van der Waals surface area contributed by atoms with E-state index in [2.05, 4.69) is 42.7 Å². The number of halogens is 1. The second kappa shape index (κ2) is 10.4. The summed E-state index contributed by atoms with van der Waals surface area (Å²) in [5.74, 6) is 0.789. The molecule has 0 saturated carbocycles. The van der Waals surface area contributed by atoms with Crippen molar-refractivity contribution in [3.8, 4) is 0 Å². The highest BCUT2D eigenvalue weighted by atomic mass is 32.2. The number of hydrogen-bond donors (Lipinski definition) is 2.